The van der Waals surface area contributed by atoms with Gasteiger partial charge in [0.2, 0.25) is 0 Å². The lowest BCUT2D eigenvalue weighted by Crippen LogP contribution is -2.52. The summed E-state index contributed by atoms with van der Waals surface area (Å²) in [6, 6.07) is 0.244. The van der Waals surface area contributed by atoms with Gasteiger partial charge in [-0.3, -0.25) is 4.90 Å². The minimum Gasteiger partial charge on any atom is -0.392 e. The van der Waals surface area contributed by atoms with Gasteiger partial charge in [-0.2, -0.15) is 0 Å². The predicted molar refractivity (Wildman–Crippen MR) is 57.3 cm³/mol. The predicted octanol–water partition coefficient (Wildman–Crippen LogP) is 1.26. The molecule has 0 aliphatic carbocycles. The zero-order valence-corrected chi connectivity index (χ0v) is 9.73. The van der Waals surface area contributed by atoms with E-state index in [2.05, 4.69) is 25.7 Å². The van der Waals surface area contributed by atoms with Crippen molar-refractivity contribution in [2.75, 3.05) is 13.1 Å². The van der Waals surface area contributed by atoms with Crippen LogP contribution in [0.2, 0.25) is 0 Å². The second-order valence-electron chi connectivity index (χ2n) is 4.43. The van der Waals surface area contributed by atoms with Gasteiger partial charge >= 0.3 is 0 Å². The van der Waals surface area contributed by atoms with E-state index in [0.717, 1.165) is 19.5 Å². The molecule has 0 spiro atoms. The first kappa shape index (κ1) is 12.0. The lowest BCUT2D eigenvalue weighted by molar-refractivity contribution is -0.0928. The van der Waals surface area contributed by atoms with Gasteiger partial charge in [0.15, 0.2) is 0 Å². The Balaban J connectivity index is 2.50. The molecule has 1 fully saturated rings. The highest BCUT2D eigenvalue weighted by atomic mass is 16.5. The van der Waals surface area contributed by atoms with Crippen molar-refractivity contribution in [3.8, 4) is 0 Å². The average Bonchev–Trinajstić information content (AvgIpc) is 2.14. The highest BCUT2D eigenvalue weighted by molar-refractivity contribution is 4.80. The first-order chi connectivity index (χ1) is 6.54. The van der Waals surface area contributed by atoms with Gasteiger partial charge in [-0.15, -0.1) is 0 Å². The number of nitrogens with zero attached hydrogens (tertiary/aromatic N) is 1. The van der Waals surface area contributed by atoms with E-state index < -0.39 is 0 Å². The van der Waals surface area contributed by atoms with Crippen molar-refractivity contribution in [1.82, 2.24) is 4.90 Å². The molecule has 0 bridgehead atoms. The van der Waals surface area contributed by atoms with Crippen LogP contribution < -0.4 is 0 Å². The maximum Gasteiger partial charge on any atom is 0.0690 e. The van der Waals surface area contributed by atoms with Crippen LogP contribution in [-0.2, 0) is 4.74 Å². The fourth-order valence-electron chi connectivity index (χ4n) is 2.13. The Morgan fingerprint density at radius 1 is 1.36 bits per heavy atom. The van der Waals surface area contributed by atoms with Gasteiger partial charge in [0.25, 0.3) is 0 Å². The van der Waals surface area contributed by atoms with E-state index >= 15 is 0 Å². The van der Waals surface area contributed by atoms with Crippen LogP contribution in [0.1, 0.15) is 34.1 Å². The smallest absolute Gasteiger partial charge is 0.0690 e. The molecule has 0 aromatic carbocycles. The van der Waals surface area contributed by atoms with E-state index in [1.54, 1.807) is 0 Å². The SMILES string of the molecule is CCC(O)C(C)N1C[C@@H](C)O[C@@H](C)C1. The van der Waals surface area contributed by atoms with Crippen molar-refractivity contribution < 1.29 is 9.84 Å². The number of rotatable bonds is 3. The summed E-state index contributed by atoms with van der Waals surface area (Å²) in [5.74, 6) is 0. The Kier molecular flexibility index (Phi) is 4.35. The summed E-state index contributed by atoms with van der Waals surface area (Å²) in [6.07, 6.45) is 1.17. The molecule has 0 saturated carbocycles. The number of aliphatic hydroxyl groups is 1. The first-order valence-electron chi connectivity index (χ1n) is 5.62. The lowest BCUT2D eigenvalue weighted by atomic mass is 10.1. The normalized spacial score (nSPS) is 34.1. The van der Waals surface area contributed by atoms with Crippen LogP contribution in [0.5, 0.6) is 0 Å². The molecule has 1 aliphatic heterocycles. The van der Waals surface area contributed by atoms with Crippen molar-refractivity contribution in [2.45, 2.75) is 58.5 Å². The van der Waals surface area contributed by atoms with Crippen LogP contribution in [0.3, 0.4) is 0 Å². The summed E-state index contributed by atoms with van der Waals surface area (Å²) in [6.45, 7) is 10.2. The minimum atomic E-state index is -0.215. The van der Waals surface area contributed by atoms with Crippen molar-refractivity contribution in [2.24, 2.45) is 0 Å². The summed E-state index contributed by atoms with van der Waals surface area (Å²) >= 11 is 0. The van der Waals surface area contributed by atoms with Gasteiger partial charge in [0.05, 0.1) is 18.3 Å². The molecule has 84 valence electrons. The van der Waals surface area contributed by atoms with Crippen LogP contribution >= 0.6 is 0 Å². The molecule has 0 radical (unpaired) electrons. The summed E-state index contributed by atoms with van der Waals surface area (Å²) in [4.78, 5) is 2.33. The van der Waals surface area contributed by atoms with Gasteiger partial charge in [-0.1, -0.05) is 6.92 Å². The second kappa shape index (κ2) is 5.10. The van der Waals surface area contributed by atoms with E-state index in [0.29, 0.717) is 0 Å². The Bertz CT molecular complexity index is 165. The lowest BCUT2D eigenvalue weighted by Gasteiger charge is -2.40. The molecule has 1 rings (SSSR count). The number of ether oxygens (including phenoxy) is 1. The van der Waals surface area contributed by atoms with Crippen LogP contribution in [0.25, 0.3) is 0 Å². The van der Waals surface area contributed by atoms with Gasteiger partial charge in [-0.25, -0.2) is 0 Å². The third-order valence-corrected chi connectivity index (χ3v) is 3.00. The van der Waals surface area contributed by atoms with Gasteiger partial charge in [-0.05, 0) is 27.2 Å². The van der Waals surface area contributed by atoms with Crippen LogP contribution in [-0.4, -0.2) is 47.4 Å². The Morgan fingerprint density at radius 3 is 2.29 bits per heavy atom. The Labute approximate surface area is 87.1 Å². The average molecular weight is 201 g/mol. The zero-order chi connectivity index (χ0) is 10.7. The Morgan fingerprint density at radius 2 is 1.86 bits per heavy atom. The third-order valence-electron chi connectivity index (χ3n) is 3.00. The molecule has 2 unspecified atom stereocenters. The van der Waals surface area contributed by atoms with Crippen LogP contribution in [0.15, 0.2) is 0 Å². The van der Waals surface area contributed by atoms with E-state index in [1.807, 2.05) is 6.92 Å². The van der Waals surface area contributed by atoms with E-state index in [4.69, 9.17) is 4.74 Å². The molecular formula is C11H23NO2. The van der Waals surface area contributed by atoms with Gasteiger partial charge < -0.3 is 9.84 Å². The van der Waals surface area contributed by atoms with Gasteiger partial charge in [0, 0.05) is 19.1 Å². The molecule has 1 saturated heterocycles. The molecule has 3 heteroatoms. The summed E-state index contributed by atoms with van der Waals surface area (Å²) in [5, 5.41) is 9.77. The molecule has 0 amide bonds. The monoisotopic (exact) mass is 201 g/mol. The quantitative estimate of drug-likeness (QED) is 0.746. The fourth-order valence-corrected chi connectivity index (χ4v) is 2.13. The number of morpholine rings is 1. The van der Waals surface area contributed by atoms with E-state index in [1.165, 1.54) is 0 Å². The van der Waals surface area contributed by atoms with Crippen molar-refractivity contribution in [3.63, 3.8) is 0 Å². The van der Waals surface area contributed by atoms with Gasteiger partial charge in [0.1, 0.15) is 0 Å². The molecule has 3 nitrogen and oxygen atoms in total. The van der Waals surface area contributed by atoms with Crippen molar-refractivity contribution in [3.05, 3.63) is 0 Å². The molecule has 14 heavy (non-hydrogen) atoms. The van der Waals surface area contributed by atoms with E-state index in [-0.39, 0.29) is 24.4 Å². The van der Waals surface area contributed by atoms with Crippen molar-refractivity contribution >= 4 is 0 Å². The summed E-state index contributed by atoms with van der Waals surface area (Å²) < 4.78 is 5.66. The number of hydrogen-bond acceptors (Lipinski definition) is 3. The summed E-state index contributed by atoms with van der Waals surface area (Å²) in [5.41, 5.74) is 0. The standard InChI is InChI=1S/C11H23NO2/c1-5-11(13)10(4)12-6-8(2)14-9(3)7-12/h8-11,13H,5-7H2,1-4H3/t8-,9+,10?,11?. The molecule has 0 aromatic heterocycles. The summed E-state index contributed by atoms with van der Waals surface area (Å²) in [7, 11) is 0. The Hall–Kier alpha value is -0.120. The number of aliphatic hydroxyl groups excluding tert-OH is 1. The highest BCUT2D eigenvalue weighted by Crippen LogP contribution is 2.16. The van der Waals surface area contributed by atoms with Crippen molar-refractivity contribution in [1.29, 1.82) is 0 Å². The minimum absolute atomic E-state index is 0.215. The maximum absolute atomic E-state index is 9.77. The van der Waals surface area contributed by atoms with Crippen LogP contribution in [0.4, 0.5) is 0 Å². The largest absolute Gasteiger partial charge is 0.392 e. The topological polar surface area (TPSA) is 32.7 Å². The maximum atomic E-state index is 9.77. The first-order valence-corrected chi connectivity index (χ1v) is 5.62. The zero-order valence-electron chi connectivity index (χ0n) is 9.73. The van der Waals surface area contributed by atoms with Crippen LogP contribution in [0, 0.1) is 0 Å². The fraction of sp³-hybridized carbons (Fsp3) is 1.00. The molecule has 1 aliphatic rings. The van der Waals surface area contributed by atoms with E-state index in [9.17, 15) is 5.11 Å². The second-order valence-corrected chi connectivity index (χ2v) is 4.43. The number of hydrogen-bond donors (Lipinski definition) is 1. The third kappa shape index (κ3) is 2.94. The molecular weight excluding hydrogens is 178 g/mol. The molecule has 1 N–H and O–H groups in total. The molecule has 1 heterocycles. The highest BCUT2D eigenvalue weighted by Gasteiger charge is 2.28. The molecule has 4 atom stereocenters. The molecule has 0 aromatic rings.